The van der Waals surface area contributed by atoms with Crippen LogP contribution >= 0.6 is 55.1 Å². The van der Waals surface area contributed by atoms with Gasteiger partial charge in [0.2, 0.25) is 0 Å². The number of hydrogen-bond acceptors (Lipinski definition) is 14. The quantitative estimate of drug-likeness (QED) is 0.0592. The topological polar surface area (TPSA) is 196 Å². The average Bonchev–Trinajstić information content (AvgIpc) is 3.35. The smallest absolute Gasteiger partial charge is 0.410 e. The van der Waals surface area contributed by atoms with Crippen molar-refractivity contribution in [2.75, 3.05) is 75.7 Å². The van der Waals surface area contributed by atoms with E-state index in [-0.39, 0.29) is 57.0 Å². The Kier molecular flexibility index (Phi) is 22.7. The number of halogens is 4. The number of anilines is 2. The second-order valence-corrected chi connectivity index (χ2v) is 23.5. The molecule has 2 saturated heterocycles. The lowest BCUT2D eigenvalue weighted by Gasteiger charge is -2.44. The van der Waals surface area contributed by atoms with Crippen LogP contribution < -0.4 is 30.3 Å². The molecule has 4 aromatic carbocycles. The second kappa shape index (κ2) is 28.9. The van der Waals surface area contributed by atoms with E-state index >= 15 is 0 Å². The van der Waals surface area contributed by atoms with Crippen molar-refractivity contribution in [1.29, 1.82) is 0 Å². The van der Waals surface area contributed by atoms with E-state index in [2.05, 4.69) is 52.7 Å². The molecule has 78 heavy (non-hydrogen) atoms. The van der Waals surface area contributed by atoms with Gasteiger partial charge in [-0.25, -0.2) is 24.0 Å². The van der Waals surface area contributed by atoms with Crippen LogP contribution in [0.3, 0.4) is 0 Å². The molecule has 0 spiro atoms. The Morgan fingerprint density at radius 1 is 0.692 bits per heavy atom. The predicted octanol–water partition coefficient (Wildman–Crippen LogP) is 11.9. The Bertz CT molecular complexity index is 2650. The lowest BCUT2D eigenvalue weighted by atomic mass is 9.98. The first-order valence-corrected chi connectivity index (χ1v) is 28.2. The maximum absolute atomic E-state index is 12.7. The number of nitrogens with one attached hydrogen (secondary N) is 3. The number of carbonyl (C=O) groups excluding carboxylic acids is 5. The summed E-state index contributed by atoms with van der Waals surface area (Å²) in [4.78, 5) is 67.2. The number of ether oxygens (including phenoxy) is 7. The van der Waals surface area contributed by atoms with E-state index in [9.17, 15) is 24.0 Å². The van der Waals surface area contributed by atoms with Gasteiger partial charge >= 0.3 is 30.3 Å². The van der Waals surface area contributed by atoms with Gasteiger partial charge in [-0.05, 0) is 116 Å². The van der Waals surface area contributed by atoms with Gasteiger partial charge < -0.3 is 63.8 Å². The summed E-state index contributed by atoms with van der Waals surface area (Å²) in [5.41, 5.74) is 2.25. The molecular formula is C56H70Br2Cl2N6O12. The van der Waals surface area contributed by atoms with Crippen molar-refractivity contribution in [3.63, 3.8) is 0 Å². The summed E-state index contributed by atoms with van der Waals surface area (Å²) >= 11 is 19.6. The Morgan fingerprint density at radius 2 is 1.22 bits per heavy atom. The van der Waals surface area contributed by atoms with Crippen molar-refractivity contribution in [3.05, 3.63) is 115 Å². The van der Waals surface area contributed by atoms with Crippen LogP contribution in [-0.2, 0) is 41.7 Å². The highest BCUT2D eigenvalue weighted by molar-refractivity contribution is 9.10. The van der Waals surface area contributed by atoms with Gasteiger partial charge in [-0.3, -0.25) is 0 Å². The largest absolute Gasteiger partial charge is 0.486 e. The van der Waals surface area contributed by atoms with E-state index in [1.165, 1.54) is 0 Å². The highest BCUT2D eigenvalue weighted by Crippen LogP contribution is 2.41. The molecular weight excluding hydrogens is 1180 g/mol. The fourth-order valence-corrected chi connectivity index (χ4v) is 9.18. The van der Waals surface area contributed by atoms with Crippen LogP contribution in [0.1, 0.15) is 72.4 Å². The SMILES string of the molecule is CC(C)(C)OC(=O)N1CC(CN2C[C@@H](CCNC(=O)OCc3ccccc3)Oc3cc(Br)c(Cl)cc32)C1.CCOC(=O)[C@@H](CCNC(=O)OCc1ccccc1)Oc1cc(Br)c(Cl)cc1NCC1CN(C(=O)OC(C)(C)C)C1. The minimum atomic E-state index is -0.996. The number of nitrogens with zero attached hydrogens (tertiary/aromatic N) is 3. The first-order valence-electron chi connectivity index (χ1n) is 25.8. The number of esters is 1. The molecule has 0 saturated carbocycles. The molecule has 2 atom stereocenters. The predicted molar refractivity (Wildman–Crippen MR) is 306 cm³/mol. The highest BCUT2D eigenvalue weighted by atomic mass is 79.9. The summed E-state index contributed by atoms with van der Waals surface area (Å²) in [5.74, 6) is 1.07. The summed E-state index contributed by atoms with van der Waals surface area (Å²) in [7, 11) is 0. The molecule has 4 amide bonds. The van der Waals surface area contributed by atoms with Gasteiger partial charge in [-0.15, -0.1) is 0 Å². The third-order valence-electron chi connectivity index (χ3n) is 12.0. The van der Waals surface area contributed by atoms with Crippen molar-refractivity contribution < 1.29 is 57.1 Å². The van der Waals surface area contributed by atoms with Crippen molar-refractivity contribution in [2.24, 2.45) is 11.8 Å². The Hall–Kier alpha value is -5.83. The second-order valence-electron chi connectivity index (χ2n) is 20.9. The number of carbonyl (C=O) groups is 5. The molecule has 2 fully saturated rings. The number of benzene rings is 4. The van der Waals surface area contributed by atoms with Crippen LogP contribution in [0.25, 0.3) is 0 Å². The zero-order chi connectivity index (χ0) is 56.6. The van der Waals surface area contributed by atoms with Gasteiger partial charge in [0.05, 0.1) is 34.6 Å². The molecule has 0 bridgehead atoms. The van der Waals surface area contributed by atoms with Crippen LogP contribution in [0.5, 0.6) is 11.5 Å². The van der Waals surface area contributed by atoms with Crippen molar-refractivity contribution in [3.8, 4) is 11.5 Å². The summed E-state index contributed by atoms with van der Waals surface area (Å²) < 4.78 is 40.3. The Balaban J connectivity index is 0.000000253. The van der Waals surface area contributed by atoms with E-state index in [4.69, 9.17) is 56.4 Å². The van der Waals surface area contributed by atoms with Crippen molar-refractivity contribution in [2.45, 2.75) is 97.9 Å². The van der Waals surface area contributed by atoms with Gasteiger partial charge in [-0.2, -0.15) is 0 Å². The molecule has 0 radical (unpaired) electrons. The van der Waals surface area contributed by atoms with E-state index in [0.29, 0.717) is 84.1 Å². The minimum absolute atomic E-state index is 0.122. The van der Waals surface area contributed by atoms with Crippen LogP contribution in [0, 0.1) is 11.8 Å². The zero-order valence-corrected chi connectivity index (χ0v) is 49.7. The molecule has 3 aliphatic rings. The van der Waals surface area contributed by atoms with Crippen molar-refractivity contribution in [1.82, 2.24) is 20.4 Å². The van der Waals surface area contributed by atoms with E-state index in [1.807, 2.05) is 114 Å². The lowest BCUT2D eigenvalue weighted by molar-refractivity contribution is -0.151. The Labute approximate surface area is 483 Å². The number of fused-ring (bicyclic) bond motifs is 1. The van der Waals surface area contributed by atoms with Crippen LogP contribution in [-0.4, -0.2) is 129 Å². The number of amides is 4. The molecule has 0 aliphatic carbocycles. The first kappa shape index (κ1) is 61.4. The molecule has 4 aromatic rings. The summed E-state index contributed by atoms with van der Waals surface area (Å²) in [6, 6.07) is 26.0. The average molecular weight is 1250 g/mol. The zero-order valence-electron chi connectivity index (χ0n) is 45.0. The molecule has 424 valence electrons. The van der Waals surface area contributed by atoms with E-state index in [0.717, 1.165) is 33.6 Å². The maximum Gasteiger partial charge on any atom is 0.410 e. The number of rotatable bonds is 19. The van der Waals surface area contributed by atoms with E-state index in [1.54, 1.807) is 28.9 Å². The maximum atomic E-state index is 12.7. The molecule has 3 heterocycles. The van der Waals surface area contributed by atoms with Gasteiger partial charge in [0.1, 0.15) is 42.0 Å². The highest BCUT2D eigenvalue weighted by Gasteiger charge is 2.38. The normalized spacial score (nSPS) is 15.6. The van der Waals surface area contributed by atoms with Gasteiger partial charge in [0, 0.05) is 86.0 Å². The first-order chi connectivity index (χ1) is 37.0. The van der Waals surface area contributed by atoms with Gasteiger partial charge in [0.15, 0.2) is 6.10 Å². The molecule has 0 aromatic heterocycles. The number of hydrogen-bond donors (Lipinski definition) is 3. The fraction of sp³-hybridized carbons (Fsp3) is 0.482. The summed E-state index contributed by atoms with van der Waals surface area (Å²) in [6.45, 7) is 18.2. The number of alkyl carbamates (subject to hydrolysis) is 2. The van der Waals surface area contributed by atoms with Gasteiger partial charge in [0.25, 0.3) is 0 Å². The summed E-state index contributed by atoms with van der Waals surface area (Å²) in [5, 5.41) is 9.85. The molecule has 18 nitrogen and oxygen atoms in total. The monoisotopic (exact) mass is 1250 g/mol. The van der Waals surface area contributed by atoms with Crippen LogP contribution in [0.4, 0.5) is 30.6 Å². The fourth-order valence-electron chi connectivity index (χ4n) is 8.21. The minimum Gasteiger partial charge on any atom is -0.486 e. The third-order valence-corrected chi connectivity index (χ3v) is 14.4. The van der Waals surface area contributed by atoms with Crippen LogP contribution in [0.15, 0.2) is 93.9 Å². The molecule has 7 rings (SSSR count). The molecule has 3 N–H and O–H groups in total. The Morgan fingerprint density at radius 3 is 1.77 bits per heavy atom. The molecule has 3 aliphatic heterocycles. The molecule has 0 unspecified atom stereocenters. The lowest BCUT2D eigenvalue weighted by Crippen LogP contribution is -2.56. The molecule has 22 heteroatoms. The summed E-state index contributed by atoms with van der Waals surface area (Å²) in [6.07, 6.45) is -2.03. The van der Waals surface area contributed by atoms with E-state index < -0.39 is 35.5 Å². The third kappa shape index (κ3) is 19.8. The number of likely N-dealkylation sites (tertiary alicyclic amines) is 2. The van der Waals surface area contributed by atoms with Gasteiger partial charge in [-0.1, -0.05) is 83.9 Å². The van der Waals surface area contributed by atoms with Crippen LogP contribution in [0.2, 0.25) is 10.0 Å². The standard InChI is InChI=1S/C29H37BrClN3O7.C27H33BrClN3O5/c1-5-38-26(35)24(11-12-32-27(36)39-18-19-9-7-6-8-10-19)40-25-13-21(30)22(31)14-23(25)33-15-20-16-34(17-20)28(37)41-29(2,3)4;1-27(2,3)37-26(34)32-14-19(15-32)13-31-16-20(36-24-11-21(28)22(29)12-23(24)31)9-10-30-25(33)35-17-18-7-5-4-6-8-18/h6-10,13-14,20,24,33H,5,11-12,15-18H2,1-4H3,(H,32,36);4-8,11-12,19-20H,9-10,13-17H2,1-3H3,(H,30,33)/t24-;20-/m11/s1. The van der Waals surface area contributed by atoms with Crippen molar-refractivity contribution >= 4 is 96.8 Å².